The normalized spacial score (nSPS) is 10.8. The summed E-state index contributed by atoms with van der Waals surface area (Å²) >= 11 is 13.4. The first-order valence-corrected chi connectivity index (χ1v) is 10.2. The predicted molar refractivity (Wildman–Crippen MR) is 112 cm³/mol. The molecule has 0 radical (unpaired) electrons. The van der Waals surface area contributed by atoms with Crippen molar-refractivity contribution in [1.29, 1.82) is 0 Å². The molecule has 0 spiro atoms. The topological polar surface area (TPSA) is 93.8 Å². The van der Waals surface area contributed by atoms with E-state index in [4.69, 9.17) is 27.7 Å². The number of aromatic nitrogens is 4. The van der Waals surface area contributed by atoms with Crippen molar-refractivity contribution in [2.75, 3.05) is 5.32 Å². The Bertz CT molecular complexity index is 1150. The highest BCUT2D eigenvalue weighted by atomic mass is 35.5. The van der Waals surface area contributed by atoms with Gasteiger partial charge in [-0.15, -0.1) is 11.3 Å². The number of pyridine rings is 1. The van der Waals surface area contributed by atoms with Crippen LogP contribution >= 0.6 is 34.5 Å². The summed E-state index contributed by atoms with van der Waals surface area (Å²) in [4.78, 5) is 24.9. The van der Waals surface area contributed by atoms with Crippen LogP contribution in [0.4, 0.5) is 5.13 Å². The molecule has 4 aromatic rings. The number of hydrogen-bond donors (Lipinski definition) is 1. The zero-order chi connectivity index (χ0) is 20.2. The fourth-order valence-corrected chi connectivity index (χ4v) is 3.76. The number of carbonyl (C=O) groups excluding carboxylic acids is 1. The first-order chi connectivity index (χ1) is 14.1. The van der Waals surface area contributed by atoms with Crippen LogP contribution in [-0.4, -0.2) is 26.0 Å². The fraction of sp³-hybridized carbons (Fsp3) is 0.105. The van der Waals surface area contributed by atoms with E-state index in [1.165, 1.54) is 11.3 Å². The van der Waals surface area contributed by atoms with Crippen LogP contribution in [0, 0.1) is 0 Å². The summed E-state index contributed by atoms with van der Waals surface area (Å²) in [5.74, 6) is 0.624. The quantitative estimate of drug-likeness (QED) is 0.441. The molecule has 0 unspecified atom stereocenters. The van der Waals surface area contributed by atoms with Crippen molar-refractivity contribution < 1.29 is 9.32 Å². The molecule has 0 aliphatic carbocycles. The van der Waals surface area contributed by atoms with Crippen molar-refractivity contribution in [2.45, 2.75) is 12.8 Å². The van der Waals surface area contributed by atoms with Crippen LogP contribution in [0.3, 0.4) is 0 Å². The lowest BCUT2D eigenvalue weighted by atomic mass is 10.2. The Kier molecular flexibility index (Phi) is 5.84. The molecule has 0 saturated carbocycles. The minimum Gasteiger partial charge on any atom is -0.339 e. The minimum atomic E-state index is -0.200. The van der Waals surface area contributed by atoms with Gasteiger partial charge in [-0.1, -0.05) is 28.4 Å². The van der Waals surface area contributed by atoms with E-state index < -0.39 is 0 Å². The van der Waals surface area contributed by atoms with Gasteiger partial charge in [0.1, 0.15) is 0 Å². The summed E-state index contributed by atoms with van der Waals surface area (Å²) in [5.41, 5.74) is 2.18. The number of hydrogen-bond acceptors (Lipinski definition) is 7. The number of halogens is 2. The summed E-state index contributed by atoms with van der Waals surface area (Å²) in [7, 11) is 0. The second-order valence-corrected chi connectivity index (χ2v) is 7.67. The fourth-order valence-electron chi connectivity index (χ4n) is 2.52. The van der Waals surface area contributed by atoms with Gasteiger partial charge in [0.2, 0.25) is 17.6 Å². The maximum absolute atomic E-state index is 12.2. The molecular weight excluding hydrogens is 433 g/mol. The Morgan fingerprint density at radius 1 is 1.21 bits per heavy atom. The lowest BCUT2D eigenvalue weighted by Crippen LogP contribution is -2.12. The van der Waals surface area contributed by atoms with Gasteiger partial charge in [-0.2, -0.15) is 4.98 Å². The molecule has 29 heavy (non-hydrogen) atoms. The maximum Gasteiger partial charge on any atom is 0.227 e. The lowest BCUT2D eigenvalue weighted by Gasteiger charge is -2.01. The third-order valence-corrected chi connectivity index (χ3v) is 5.22. The molecule has 0 atom stereocenters. The average Bonchev–Trinajstić information content (AvgIpc) is 3.37. The molecule has 3 aromatic heterocycles. The minimum absolute atomic E-state index is 0.186. The first kappa shape index (κ1) is 19.5. The van der Waals surface area contributed by atoms with Crippen LogP contribution in [0.15, 0.2) is 52.6 Å². The highest BCUT2D eigenvalue weighted by Crippen LogP contribution is 2.32. The van der Waals surface area contributed by atoms with Crippen LogP contribution in [0.1, 0.15) is 12.3 Å². The van der Waals surface area contributed by atoms with E-state index in [1.54, 1.807) is 36.7 Å². The third-order valence-electron chi connectivity index (χ3n) is 3.91. The number of thiazole rings is 1. The maximum atomic E-state index is 12.2. The molecule has 1 aromatic carbocycles. The van der Waals surface area contributed by atoms with Gasteiger partial charge in [0.25, 0.3) is 0 Å². The standard InChI is InChI=1S/C19H13Cl2N5O2S/c20-12-3-4-13(14(21)8-12)15-10-29-19(23-15)24-16(27)5-6-17-25-18(26-28-17)11-2-1-7-22-9-11/h1-4,7-10H,5-6H2,(H,23,24,27). The Balaban J connectivity index is 1.35. The summed E-state index contributed by atoms with van der Waals surface area (Å²) in [6.07, 6.45) is 3.82. The number of nitrogens with one attached hydrogen (secondary N) is 1. The van der Waals surface area contributed by atoms with E-state index in [-0.39, 0.29) is 12.3 Å². The van der Waals surface area contributed by atoms with Crippen molar-refractivity contribution in [1.82, 2.24) is 20.1 Å². The molecule has 0 bridgehead atoms. The van der Waals surface area contributed by atoms with E-state index in [2.05, 4.69) is 25.4 Å². The van der Waals surface area contributed by atoms with Gasteiger partial charge in [-0.25, -0.2) is 4.98 Å². The summed E-state index contributed by atoms with van der Waals surface area (Å²) < 4.78 is 5.20. The molecule has 1 N–H and O–H groups in total. The Morgan fingerprint density at radius 2 is 2.10 bits per heavy atom. The van der Waals surface area contributed by atoms with Crippen molar-refractivity contribution in [3.63, 3.8) is 0 Å². The molecule has 1 amide bonds. The number of amides is 1. The molecule has 4 rings (SSSR count). The van der Waals surface area contributed by atoms with Crippen molar-refractivity contribution in [3.8, 4) is 22.6 Å². The zero-order valence-electron chi connectivity index (χ0n) is 14.8. The number of nitrogens with zero attached hydrogens (tertiary/aromatic N) is 4. The van der Waals surface area contributed by atoms with Gasteiger partial charge in [-0.3, -0.25) is 9.78 Å². The van der Waals surface area contributed by atoms with Crippen molar-refractivity contribution in [2.24, 2.45) is 0 Å². The van der Waals surface area contributed by atoms with Gasteiger partial charge < -0.3 is 9.84 Å². The number of aryl methyl sites for hydroxylation is 1. The molecule has 0 aliphatic rings. The summed E-state index contributed by atoms with van der Waals surface area (Å²) in [6.45, 7) is 0. The number of anilines is 1. The van der Waals surface area contributed by atoms with Crippen LogP contribution < -0.4 is 5.32 Å². The Morgan fingerprint density at radius 3 is 2.90 bits per heavy atom. The monoisotopic (exact) mass is 445 g/mol. The highest BCUT2D eigenvalue weighted by Gasteiger charge is 2.13. The smallest absolute Gasteiger partial charge is 0.227 e. The summed E-state index contributed by atoms with van der Waals surface area (Å²) in [6, 6.07) is 8.81. The van der Waals surface area contributed by atoms with Crippen molar-refractivity contribution in [3.05, 3.63) is 64.0 Å². The van der Waals surface area contributed by atoms with Crippen LogP contribution in [0.25, 0.3) is 22.6 Å². The highest BCUT2D eigenvalue weighted by molar-refractivity contribution is 7.14. The number of rotatable bonds is 6. The first-order valence-electron chi connectivity index (χ1n) is 8.52. The Hall–Kier alpha value is -2.81. The average molecular weight is 446 g/mol. The summed E-state index contributed by atoms with van der Waals surface area (Å²) in [5, 5.41) is 10.0. The SMILES string of the molecule is O=C(CCc1nc(-c2cccnc2)no1)Nc1nc(-c2ccc(Cl)cc2Cl)cs1. The predicted octanol–water partition coefficient (Wildman–Crippen LogP) is 5.13. The molecule has 3 heterocycles. The van der Waals surface area contributed by atoms with E-state index >= 15 is 0 Å². The van der Waals surface area contributed by atoms with Gasteiger partial charge in [0.15, 0.2) is 5.13 Å². The molecule has 7 nitrogen and oxygen atoms in total. The molecule has 10 heteroatoms. The van der Waals surface area contributed by atoms with Gasteiger partial charge in [0, 0.05) is 46.8 Å². The second-order valence-electron chi connectivity index (χ2n) is 5.96. The van der Waals surface area contributed by atoms with Crippen LogP contribution in [-0.2, 0) is 11.2 Å². The molecule has 0 fully saturated rings. The number of carbonyl (C=O) groups is 1. The van der Waals surface area contributed by atoms with Gasteiger partial charge >= 0.3 is 0 Å². The van der Waals surface area contributed by atoms with Crippen LogP contribution in [0.2, 0.25) is 10.0 Å². The molecule has 0 aliphatic heterocycles. The van der Waals surface area contributed by atoms with Crippen molar-refractivity contribution >= 4 is 45.6 Å². The van der Waals surface area contributed by atoms with E-state index in [0.717, 1.165) is 11.1 Å². The van der Waals surface area contributed by atoms with Gasteiger partial charge in [-0.05, 0) is 30.3 Å². The number of benzene rings is 1. The zero-order valence-corrected chi connectivity index (χ0v) is 17.1. The second kappa shape index (κ2) is 8.69. The van der Waals surface area contributed by atoms with Crippen LogP contribution in [0.5, 0.6) is 0 Å². The van der Waals surface area contributed by atoms with E-state index in [9.17, 15) is 4.79 Å². The molecule has 146 valence electrons. The molecule has 0 saturated heterocycles. The molecular formula is C19H13Cl2N5O2S. The Labute approximate surface area is 179 Å². The van der Waals surface area contributed by atoms with E-state index in [0.29, 0.717) is 39.0 Å². The lowest BCUT2D eigenvalue weighted by molar-refractivity contribution is -0.116. The third kappa shape index (κ3) is 4.79. The largest absolute Gasteiger partial charge is 0.339 e. The van der Waals surface area contributed by atoms with Gasteiger partial charge in [0.05, 0.1) is 10.7 Å². The van der Waals surface area contributed by atoms with E-state index in [1.807, 2.05) is 11.4 Å².